The number of benzene rings is 1. The molecular weight excluding hydrogens is 440 g/mol. The van der Waals surface area contributed by atoms with Gasteiger partial charge in [0.05, 0.1) is 35.7 Å². The Morgan fingerprint density at radius 3 is 2.44 bits per heavy atom. The summed E-state index contributed by atoms with van der Waals surface area (Å²) < 4.78 is 6.55. The summed E-state index contributed by atoms with van der Waals surface area (Å²) in [6, 6.07) is 8.45. The molecule has 11 heteroatoms. The molecular formula is C23H20N6O5. The summed E-state index contributed by atoms with van der Waals surface area (Å²) in [4.78, 5) is 67.5. The van der Waals surface area contributed by atoms with Gasteiger partial charge in [0.2, 0.25) is 0 Å². The number of hydrogen-bond donors (Lipinski definition) is 0. The van der Waals surface area contributed by atoms with Gasteiger partial charge in [-0.2, -0.15) is 0 Å². The Morgan fingerprint density at radius 2 is 1.79 bits per heavy atom. The molecule has 3 aromatic rings. The van der Waals surface area contributed by atoms with Gasteiger partial charge < -0.3 is 9.64 Å². The third-order valence-electron chi connectivity index (χ3n) is 5.83. The van der Waals surface area contributed by atoms with Crippen molar-refractivity contribution in [1.29, 1.82) is 0 Å². The lowest BCUT2D eigenvalue weighted by molar-refractivity contribution is 0.0517. The van der Waals surface area contributed by atoms with Gasteiger partial charge in [0.25, 0.3) is 17.4 Å². The molecule has 2 aliphatic heterocycles. The van der Waals surface area contributed by atoms with Gasteiger partial charge in [-0.1, -0.05) is 12.1 Å². The fourth-order valence-corrected chi connectivity index (χ4v) is 4.25. The topological polar surface area (TPSA) is 128 Å². The third kappa shape index (κ3) is 3.51. The molecule has 3 amide bonds. The van der Waals surface area contributed by atoms with Gasteiger partial charge in [-0.05, 0) is 25.1 Å². The van der Waals surface area contributed by atoms with Crippen molar-refractivity contribution in [3.63, 3.8) is 0 Å². The molecule has 34 heavy (non-hydrogen) atoms. The zero-order chi connectivity index (χ0) is 23.8. The van der Waals surface area contributed by atoms with Crippen LogP contribution in [0.5, 0.6) is 0 Å². The van der Waals surface area contributed by atoms with Gasteiger partial charge in [0, 0.05) is 25.4 Å². The van der Waals surface area contributed by atoms with Crippen molar-refractivity contribution in [2.75, 3.05) is 19.7 Å². The van der Waals surface area contributed by atoms with E-state index in [2.05, 4.69) is 15.0 Å². The van der Waals surface area contributed by atoms with E-state index in [-0.39, 0.29) is 54.4 Å². The molecule has 1 atom stereocenters. The minimum absolute atomic E-state index is 0.0655. The summed E-state index contributed by atoms with van der Waals surface area (Å²) in [5.41, 5.74) is 0.847. The monoisotopic (exact) mass is 460 g/mol. The van der Waals surface area contributed by atoms with Crippen molar-refractivity contribution in [2.45, 2.75) is 19.5 Å². The quantitative estimate of drug-likeness (QED) is 0.538. The molecule has 0 saturated heterocycles. The smallest absolute Gasteiger partial charge is 0.409 e. The Kier molecular flexibility index (Phi) is 5.36. The number of ether oxygens (including phenoxy) is 1. The van der Waals surface area contributed by atoms with Crippen molar-refractivity contribution in [2.24, 2.45) is 0 Å². The van der Waals surface area contributed by atoms with Crippen molar-refractivity contribution in [3.8, 4) is 11.4 Å². The molecule has 0 spiro atoms. The standard InChI is InChI=1S/C23H20N6O5/c1-2-34-23(33)27-9-10-28-19(30)11-17(16-7-8-24-13-25-16)26-20(28)18(12-27)29-21(31)14-5-3-4-6-15(14)22(29)32/h3-8,11,13,18H,2,9-10,12H2,1H3. The maximum Gasteiger partial charge on any atom is 0.409 e. The van der Waals surface area contributed by atoms with Gasteiger partial charge in [-0.3, -0.25) is 23.9 Å². The summed E-state index contributed by atoms with van der Waals surface area (Å²) in [5.74, 6) is -0.823. The highest BCUT2D eigenvalue weighted by Gasteiger charge is 2.44. The molecule has 0 saturated carbocycles. The predicted octanol–water partition coefficient (Wildman–Crippen LogP) is 1.51. The van der Waals surface area contributed by atoms with E-state index in [0.717, 1.165) is 4.90 Å². The molecule has 0 fully saturated rings. The number of fused-ring (bicyclic) bond motifs is 2. The van der Waals surface area contributed by atoms with Crippen LogP contribution < -0.4 is 5.56 Å². The summed E-state index contributed by atoms with van der Waals surface area (Å²) in [6.45, 7) is 2.07. The SMILES string of the molecule is CCOC(=O)N1CCn2c(nc(-c3ccncn3)cc2=O)C(N2C(=O)c3ccccc3C2=O)C1. The average Bonchev–Trinajstić information content (AvgIpc) is 2.98. The lowest BCUT2D eigenvalue weighted by atomic mass is 10.1. The zero-order valence-corrected chi connectivity index (χ0v) is 18.2. The predicted molar refractivity (Wildman–Crippen MR) is 118 cm³/mol. The number of carbonyl (C=O) groups excluding carboxylic acids is 3. The second-order valence-electron chi connectivity index (χ2n) is 7.77. The molecule has 11 nitrogen and oxygen atoms in total. The summed E-state index contributed by atoms with van der Waals surface area (Å²) in [6.07, 6.45) is 2.27. The Bertz CT molecular complexity index is 1320. The second-order valence-corrected chi connectivity index (χ2v) is 7.77. The van der Waals surface area contributed by atoms with Crippen LogP contribution in [-0.2, 0) is 11.3 Å². The Morgan fingerprint density at radius 1 is 1.06 bits per heavy atom. The van der Waals surface area contributed by atoms with E-state index in [1.165, 1.54) is 28.1 Å². The molecule has 1 aromatic carbocycles. The average molecular weight is 460 g/mol. The van der Waals surface area contributed by atoms with Crippen LogP contribution in [0.15, 0.2) is 53.7 Å². The highest BCUT2D eigenvalue weighted by Crippen LogP contribution is 2.33. The van der Waals surface area contributed by atoms with Gasteiger partial charge >= 0.3 is 6.09 Å². The molecule has 5 rings (SSSR count). The van der Waals surface area contributed by atoms with Crippen molar-refractivity contribution in [1.82, 2.24) is 29.3 Å². The van der Waals surface area contributed by atoms with Crippen LogP contribution in [0, 0.1) is 0 Å². The van der Waals surface area contributed by atoms with Crippen LogP contribution in [0.3, 0.4) is 0 Å². The maximum absolute atomic E-state index is 13.3. The van der Waals surface area contributed by atoms with E-state index >= 15 is 0 Å². The van der Waals surface area contributed by atoms with Crippen LogP contribution in [-0.4, -0.2) is 66.9 Å². The largest absolute Gasteiger partial charge is 0.450 e. The number of amides is 3. The molecule has 0 N–H and O–H groups in total. The minimum Gasteiger partial charge on any atom is -0.450 e. The first-order valence-electron chi connectivity index (χ1n) is 10.8. The molecule has 2 aromatic heterocycles. The normalized spacial score (nSPS) is 17.3. The maximum atomic E-state index is 13.3. The third-order valence-corrected chi connectivity index (χ3v) is 5.83. The van der Waals surface area contributed by atoms with Crippen LogP contribution in [0.1, 0.15) is 39.5 Å². The molecule has 0 aliphatic carbocycles. The Balaban J connectivity index is 1.66. The number of aromatic nitrogens is 4. The van der Waals surface area contributed by atoms with Crippen LogP contribution in [0.25, 0.3) is 11.4 Å². The Hall–Kier alpha value is -4.41. The van der Waals surface area contributed by atoms with Crippen molar-refractivity contribution in [3.05, 3.63) is 76.2 Å². The van der Waals surface area contributed by atoms with Gasteiger partial charge in [0.15, 0.2) is 0 Å². The Labute approximate surface area is 193 Å². The lowest BCUT2D eigenvalue weighted by Gasteiger charge is -2.29. The number of imide groups is 1. The van der Waals surface area contributed by atoms with E-state index in [1.807, 2.05) is 0 Å². The second kappa shape index (κ2) is 8.50. The number of carbonyl (C=O) groups is 3. The van der Waals surface area contributed by atoms with E-state index in [4.69, 9.17) is 4.74 Å². The first-order valence-corrected chi connectivity index (χ1v) is 10.8. The first kappa shape index (κ1) is 21.4. The fourth-order valence-electron chi connectivity index (χ4n) is 4.25. The molecule has 0 radical (unpaired) electrons. The molecule has 0 bridgehead atoms. The van der Waals surface area contributed by atoms with Crippen molar-refractivity contribution >= 4 is 17.9 Å². The van der Waals surface area contributed by atoms with E-state index < -0.39 is 23.9 Å². The number of hydrogen-bond acceptors (Lipinski definition) is 8. The van der Waals surface area contributed by atoms with Crippen LogP contribution >= 0.6 is 0 Å². The summed E-state index contributed by atoms with van der Waals surface area (Å²) in [5, 5.41) is 0. The van der Waals surface area contributed by atoms with Crippen LogP contribution in [0.4, 0.5) is 4.79 Å². The van der Waals surface area contributed by atoms with Gasteiger partial charge in [-0.25, -0.2) is 19.7 Å². The number of rotatable bonds is 3. The van der Waals surface area contributed by atoms with Gasteiger partial charge in [0.1, 0.15) is 18.2 Å². The van der Waals surface area contributed by atoms with Crippen LogP contribution in [0.2, 0.25) is 0 Å². The highest BCUT2D eigenvalue weighted by atomic mass is 16.6. The zero-order valence-electron chi connectivity index (χ0n) is 18.2. The van der Waals surface area contributed by atoms with E-state index in [9.17, 15) is 19.2 Å². The van der Waals surface area contributed by atoms with Gasteiger partial charge in [-0.15, -0.1) is 0 Å². The summed E-state index contributed by atoms with van der Waals surface area (Å²) >= 11 is 0. The first-order chi connectivity index (χ1) is 16.5. The van der Waals surface area contributed by atoms with E-state index in [0.29, 0.717) is 5.69 Å². The highest BCUT2D eigenvalue weighted by molar-refractivity contribution is 6.21. The summed E-state index contributed by atoms with van der Waals surface area (Å²) in [7, 11) is 0. The lowest BCUT2D eigenvalue weighted by Crippen LogP contribution is -2.43. The minimum atomic E-state index is -1.01. The molecule has 1 unspecified atom stereocenters. The molecule has 4 heterocycles. The molecule has 172 valence electrons. The van der Waals surface area contributed by atoms with Crippen molar-refractivity contribution < 1.29 is 19.1 Å². The fraction of sp³-hybridized carbons (Fsp3) is 0.261. The molecule has 2 aliphatic rings. The van der Waals surface area contributed by atoms with E-state index in [1.54, 1.807) is 37.3 Å². The number of nitrogens with zero attached hydrogens (tertiary/aromatic N) is 6.